The lowest BCUT2D eigenvalue weighted by Crippen LogP contribution is -2.43. The molecule has 0 spiro atoms. The van der Waals surface area contributed by atoms with Crippen LogP contribution in [-0.4, -0.2) is 42.9 Å². The lowest BCUT2D eigenvalue weighted by Gasteiger charge is -2.29. The molecule has 38 heavy (non-hydrogen) atoms. The molecule has 0 aliphatic carbocycles. The molecule has 5 rings (SSSR count). The number of fused-ring (bicyclic) bond motifs is 1. The Kier molecular flexibility index (Phi) is 6.77. The predicted molar refractivity (Wildman–Crippen MR) is 131 cm³/mol. The van der Waals surface area contributed by atoms with Crippen molar-refractivity contribution in [1.82, 2.24) is 10.3 Å². The third kappa shape index (κ3) is 4.80. The number of hydrogen-bond donors (Lipinski definition) is 2. The monoisotopic (exact) mass is 526 g/mol. The first-order valence-corrected chi connectivity index (χ1v) is 11.6. The SMILES string of the molecule is O=C(Nc1cc(F)c(F)c(C(=O)c2ccc3ncc(N4CCNCC4)cc3c2)c1F)c1ccc(F)c(F)c1. The number of amides is 1. The molecule has 0 radical (unpaired) electrons. The van der Waals surface area contributed by atoms with Crippen LogP contribution in [0.3, 0.4) is 0 Å². The topological polar surface area (TPSA) is 74.3 Å². The number of benzene rings is 3. The van der Waals surface area contributed by atoms with Gasteiger partial charge >= 0.3 is 0 Å². The Labute approximate surface area is 213 Å². The van der Waals surface area contributed by atoms with Crippen molar-refractivity contribution in [1.29, 1.82) is 0 Å². The van der Waals surface area contributed by atoms with Crippen LogP contribution in [0.2, 0.25) is 0 Å². The quantitative estimate of drug-likeness (QED) is 0.222. The van der Waals surface area contributed by atoms with Crippen LogP contribution in [0.4, 0.5) is 33.3 Å². The van der Waals surface area contributed by atoms with E-state index in [1.54, 1.807) is 12.3 Å². The van der Waals surface area contributed by atoms with Crippen LogP contribution < -0.4 is 15.5 Å². The molecule has 1 aromatic heterocycles. The molecule has 1 aliphatic heterocycles. The van der Waals surface area contributed by atoms with Crippen molar-refractivity contribution in [2.45, 2.75) is 0 Å². The van der Waals surface area contributed by atoms with Crippen molar-refractivity contribution < 1.29 is 31.5 Å². The van der Waals surface area contributed by atoms with Crippen LogP contribution in [0.25, 0.3) is 10.9 Å². The summed E-state index contributed by atoms with van der Waals surface area (Å²) in [4.78, 5) is 32.1. The number of pyridine rings is 1. The Morgan fingerprint density at radius 2 is 1.55 bits per heavy atom. The van der Waals surface area contributed by atoms with E-state index in [0.717, 1.165) is 37.9 Å². The number of nitrogens with zero attached hydrogens (tertiary/aromatic N) is 2. The zero-order chi connectivity index (χ0) is 27.0. The highest BCUT2D eigenvalue weighted by Gasteiger charge is 2.27. The number of halogens is 5. The van der Waals surface area contributed by atoms with E-state index in [-0.39, 0.29) is 5.56 Å². The minimum atomic E-state index is -1.73. The third-order valence-corrected chi connectivity index (χ3v) is 6.22. The molecule has 1 amide bonds. The van der Waals surface area contributed by atoms with Gasteiger partial charge in [-0.2, -0.15) is 0 Å². The lowest BCUT2D eigenvalue weighted by atomic mass is 9.99. The van der Waals surface area contributed by atoms with E-state index in [2.05, 4.69) is 15.2 Å². The van der Waals surface area contributed by atoms with Crippen molar-refractivity contribution in [2.75, 3.05) is 36.4 Å². The zero-order valence-corrected chi connectivity index (χ0v) is 19.6. The van der Waals surface area contributed by atoms with Crippen molar-refractivity contribution in [3.8, 4) is 0 Å². The molecule has 0 saturated carbocycles. The summed E-state index contributed by atoms with van der Waals surface area (Å²) in [6.07, 6.45) is 1.70. The van der Waals surface area contributed by atoms with E-state index < -0.39 is 57.6 Å². The molecule has 6 nitrogen and oxygen atoms in total. The van der Waals surface area contributed by atoms with E-state index >= 15 is 4.39 Å². The van der Waals surface area contributed by atoms with Crippen LogP contribution >= 0.6 is 0 Å². The number of carbonyl (C=O) groups is 2. The molecule has 2 N–H and O–H groups in total. The molecule has 1 saturated heterocycles. The fourth-order valence-electron chi connectivity index (χ4n) is 4.23. The maximum Gasteiger partial charge on any atom is 0.255 e. The summed E-state index contributed by atoms with van der Waals surface area (Å²) in [6, 6.07) is 8.56. The second kappa shape index (κ2) is 10.2. The Balaban J connectivity index is 1.48. The Morgan fingerprint density at radius 3 is 2.29 bits per heavy atom. The molecule has 0 unspecified atom stereocenters. The Morgan fingerprint density at radius 1 is 0.816 bits per heavy atom. The van der Waals surface area contributed by atoms with Gasteiger partial charge in [0.2, 0.25) is 0 Å². The van der Waals surface area contributed by atoms with E-state index in [9.17, 15) is 27.2 Å². The molecule has 11 heteroatoms. The van der Waals surface area contributed by atoms with Crippen molar-refractivity contribution in [3.63, 3.8) is 0 Å². The second-order valence-electron chi connectivity index (χ2n) is 8.66. The van der Waals surface area contributed by atoms with Crippen LogP contribution in [0.1, 0.15) is 26.3 Å². The number of hydrogen-bond acceptors (Lipinski definition) is 5. The van der Waals surface area contributed by atoms with Gasteiger partial charge in [-0.3, -0.25) is 14.6 Å². The summed E-state index contributed by atoms with van der Waals surface area (Å²) in [7, 11) is 0. The number of ketones is 1. The first-order chi connectivity index (χ1) is 18.2. The molecular formula is C27H19F5N4O2. The summed E-state index contributed by atoms with van der Waals surface area (Å²) in [5.74, 6) is -9.64. The van der Waals surface area contributed by atoms with Crippen molar-refractivity contribution in [2.24, 2.45) is 0 Å². The summed E-state index contributed by atoms with van der Waals surface area (Å²) in [5.41, 5.74) is -1.23. The number of carbonyl (C=O) groups excluding carboxylic acids is 2. The summed E-state index contributed by atoms with van der Waals surface area (Å²) in [6.45, 7) is 3.10. The van der Waals surface area contributed by atoms with Gasteiger partial charge in [0.15, 0.2) is 34.9 Å². The minimum absolute atomic E-state index is 0.127. The molecule has 0 atom stereocenters. The number of nitrogens with one attached hydrogen (secondary N) is 2. The maximum absolute atomic E-state index is 15.3. The molecule has 194 valence electrons. The van der Waals surface area contributed by atoms with Crippen LogP contribution in [-0.2, 0) is 0 Å². The summed E-state index contributed by atoms with van der Waals surface area (Å²) < 4.78 is 71.0. The van der Waals surface area contributed by atoms with Crippen LogP contribution in [0, 0.1) is 29.1 Å². The predicted octanol–water partition coefficient (Wildman–Crippen LogP) is 4.82. The highest BCUT2D eigenvalue weighted by atomic mass is 19.2. The third-order valence-electron chi connectivity index (χ3n) is 6.22. The van der Waals surface area contributed by atoms with Gasteiger partial charge in [0.05, 0.1) is 28.7 Å². The molecule has 4 aromatic rings. The first-order valence-electron chi connectivity index (χ1n) is 11.6. The fourth-order valence-corrected chi connectivity index (χ4v) is 4.23. The number of aromatic nitrogens is 1. The van der Waals surface area contributed by atoms with Gasteiger partial charge < -0.3 is 15.5 Å². The number of anilines is 2. The van der Waals surface area contributed by atoms with Gasteiger partial charge in [0.25, 0.3) is 5.91 Å². The van der Waals surface area contributed by atoms with Gasteiger partial charge in [0.1, 0.15) is 0 Å². The highest BCUT2D eigenvalue weighted by molar-refractivity contribution is 6.12. The highest BCUT2D eigenvalue weighted by Crippen LogP contribution is 2.29. The van der Waals surface area contributed by atoms with Gasteiger partial charge in [-0.15, -0.1) is 0 Å². The Hall–Kier alpha value is -4.38. The van der Waals surface area contributed by atoms with Crippen molar-refractivity contribution in [3.05, 3.63) is 101 Å². The smallest absolute Gasteiger partial charge is 0.255 e. The lowest BCUT2D eigenvalue weighted by molar-refractivity contribution is 0.101. The van der Waals surface area contributed by atoms with Gasteiger partial charge in [-0.1, -0.05) is 0 Å². The minimum Gasteiger partial charge on any atom is -0.368 e. The second-order valence-corrected chi connectivity index (χ2v) is 8.66. The van der Waals surface area contributed by atoms with E-state index in [4.69, 9.17) is 0 Å². The summed E-state index contributed by atoms with van der Waals surface area (Å²) >= 11 is 0. The number of rotatable bonds is 5. The van der Waals surface area contributed by atoms with Crippen LogP contribution in [0.15, 0.2) is 54.7 Å². The van der Waals surface area contributed by atoms with E-state index in [0.29, 0.717) is 29.1 Å². The molecule has 0 bridgehead atoms. The maximum atomic E-state index is 15.3. The average molecular weight is 526 g/mol. The average Bonchev–Trinajstić information content (AvgIpc) is 2.93. The van der Waals surface area contributed by atoms with Crippen LogP contribution in [0.5, 0.6) is 0 Å². The fraction of sp³-hybridized carbons (Fsp3) is 0.148. The van der Waals surface area contributed by atoms with Gasteiger partial charge in [-0.05, 0) is 42.5 Å². The van der Waals surface area contributed by atoms with Gasteiger partial charge in [-0.25, -0.2) is 22.0 Å². The molecular weight excluding hydrogens is 507 g/mol. The van der Waals surface area contributed by atoms with E-state index in [1.165, 1.54) is 18.2 Å². The number of piperazine rings is 1. The largest absolute Gasteiger partial charge is 0.368 e. The molecule has 1 fully saturated rings. The molecule has 2 heterocycles. The Bertz CT molecular complexity index is 1590. The van der Waals surface area contributed by atoms with E-state index in [1.807, 2.05) is 5.32 Å². The van der Waals surface area contributed by atoms with Gasteiger partial charge in [0, 0.05) is 48.8 Å². The first kappa shape index (κ1) is 25.3. The normalized spacial score (nSPS) is 13.6. The zero-order valence-electron chi connectivity index (χ0n) is 19.6. The molecule has 3 aromatic carbocycles. The molecule has 1 aliphatic rings. The summed E-state index contributed by atoms with van der Waals surface area (Å²) in [5, 5.41) is 5.76. The standard InChI is InChI=1S/C27H19F5N4O2/c28-18-3-1-15(11-19(18)29)27(38)35-22-12-20(30)24(31)23(25(22)32)26(37)14-2-4-21-16(9-14)10-17(13-34-21)36-7-5-33-6-8-36/h1-4,9-13,33H,5-8H2,(H,35,38). The van der Waals surface area contributed by atoms with Crippen molar-refractivity contribution >= 4 is 34.0 Å².